The highest BCUT2D eigenvalue weighted by Crippen LogP contribution is 2.36. The van der Waals surface area contributed by atoms with Gasteiger partial charge in [-0.15, -0.1) is 0 Å². The number of carbonyl (C=O) groups is 2. The van der Waals surface area contributed by atoms with Gasteiger partial charge < -0.3 is 19.9 Å². The molecule has 2 aliphatic rings. The lowest BCUT2D eigenvalue weighted by atomic mass is 10.1. The summed E-state index contributed by atoms with van der Waals surface area (Å²) in [5, 5.41) is 4.07. The zero-order valence-electron chi connectivity index (χ0n) is 15.2. The average molecular weight is 357 g/mol. The molecule has 0 radical (unpaired) electrons. The zero-order valence-corrected chi connectivity index (χ0v) is 15.2. The molecule has 26 heavy (non-hydrogen) atoms. The second-order valence-corrected chi connectivity index (χ2v) is 8.01. The van der Waals surface area contributed by atoms with Crippen molar-refractivity contribution in [3.8, 4) is 0 Å². The summed E-state index contributed by atoms with van der Waals surface area (Å²) >= 11 is 0. The van der Waals surface area contributed by atoms with Crippen molar-refractivity contribution in [2.75, 3.05) is 18.4 Å². The zero-order chi connectivity index (χ0) is 18.5. The number of hydrogen-bond donors (Lipinski definition) is 2. The Morgan fingerprint density at radius 1 is 1.27 bits per heavy atom. The van der Waals surface area contributed by atoms with Gasteiger partial charge in [0, 0.05) is 30.8 Å². The van der Waals surface area contributed by atoms with Crippen LogP contribution in [-0.2, 0) is 4.74 Å². The summed E-state index contributed by atoms with van der Waals surface area (Å²) in [5.41, 5.74) is 0.793. The fraction of sp³-hybridized carbons (Fsp3) is 0.556. The summed E-state index contributed by atoms with van der Waals surface area (Å²) in [5.74, 6) is 0.917. The van der Waals surface area contributed by atoms with Crippen LogP contribution in [0.4, 0.5) is 10.6 Å². The van der Waals surface area contributed by atoms with E-state index in [0.717, 1.165) is 18.2 Å². The van der Waals surface area contributed by atoms with E-state index >= 15 is 0 Å². The number of aromatic nitrogens is 3. The number of ether oxygens (including phenoxy) is 1. The largest absolute Gasteiger partial charge is 0.444 e. The van der Waals surface area contributed by atoms with Gasteiger partial charge in [0.2, 0.25) is 0 Å². The number of aromatic amines is 1. The summed E-state index contributed by atoms with van der Waals surface area (Å²) < 4.78 is 5.37. The van der Waals surface area contributed by atoms with E-state index in [1.54, 1.807) is 11.1 Å². The smallest absolute Gasteiger partial charge is 0.410 e. The van der Waals surface area contributed by atoms with Gasteiger partial charge in [-0.3, -0.25) is 4.79 Å². The van der Waals surface area contributed by atoms with Crippen LogP contribution in [0.15, 0.2) is 12.5 Å². The standard InChI is InChI=1S/C18H23N5O3/c1-18(2,3)26-17(25)23-7-11(8-23)22-16-13-12(14(24)10-4-5-10)6-19-15(13)20-9-21-16/h6,9-11H,4-5,7-8H2,1-3H3,(H2,19,20,21,22). The SMILES string of the molecule is CC(C)(C)OC(=O)N1CC(Nc2ncnc3[nH]cc(C(=O)C4CC4)c23)C1. The minimum Gasteiger partial charge on any atom is -0.444 e. The lowest BCUT2D eigenvalue weighted by molar-refractivity contribution is 0.0105. The molecule has 2 N–H and O–H groups in total. The monoisotopic (exact) mass is 357 g/mol. The lowest BCUT2D eigenvalue weighted by Crippen LogP contribution is -2.58. The highest BCUT2D eigenvalue weighted by Gasteiger charge is 2.35. The molecule has 0 atom stereocenters. The van der Waals surface area contributed by atoms with Crippen LogP contribution in [0, 0.1) is 5.92 Å². The number of carbonyl (C=O) groups excluding carboxylic acids is 2. The molecule has 1 aliphatic carbocycles. The Bertz CT molecular complexity index is 859. The number of rotatable bonds is 4. The Kier molecular flexibility index (Phi) is 3.86. The number of H-pyrrole nitrogens is 1. The molecule has 1 amide bonds. The van der Waals surface area contributed by atoms with E-state index < -0.39 is 5.60 Å². The van der Waals surface area contributed by atoms with Crippen molar-refractivity contribution >= 4 is 28.7 Å². The number of likely N-dealkylation sites (tertiary alicyclic amines) is 1. The van der Waals surface area contributed by atoms with Gasteiger partial charge >= 0.3 is 6.09 Å². The number of anilines is 1. The van der Waals surface area contributed by atoms with Gasteiger partial charge in [-0.1, -0.05) is 0 Å². The molecule has 8 nitrogen and oxygen atoms in total. The second kappa shape index (κ2) is 5.96. The van der Waals surface area contributed by atoms with Crippen molar-refractivity contribution in [1.82, 2.24) is 19.9 Å². The summed E-state index contributed by atoms with van der Waals surface area (Å²) in [6, 6.07) is 0.0689. The Hall–Kier alpha value is -2.64. The van der Waals surface area contributed by atoms with E-state index in [2.05, 4.69) is 20.3 Å². The minimum absolute atomic E-state index is 0.0689. The van der Waals surface area contributed by atoms with Crippen LogP contribution in [-0.4, -0.2) is 56.5 Å². The van der Waals surface area contributed by atoms with Gasteiger partial charge in [-0.25, -0.2) is 14.8 Å². The molecule has 138 valence electrons. The van der Waals surface area contributed by atoms with Crippen LogP contribution in [0.5, 0.6) is 0 Å². The van der Waals surface area contributed by atoms with Crippen LogP contribution in [0.3, 0.4) is 0 Å². The van der Waals surface area contributed by atoms with E-state index in [4.69, 9.17) is 4.74 Å². The van der Waals surface area contributed by atoms with E-state index in [1.807, 2.05) is 20.8 Å². The lowest BCUT2D eigenvalue weighted by Gasteiger charge is -2.40. The van der Waals surface area contributed by atoms with Gasteiger partial charge in [-0.2, -0.15) is 0 Å². The first-order valence-electron chi connectivity index (χ1n) is 8.92. The Morgan fingerprint density at radius 2 is 2.00 bits per heavy atom. The molecule has 0 bridgehead atoms. The number of amides is 1. The predicted octanol–water partition coefficient (Wildman–Crippen LogP) is 2.58. The van der Waals surface area contributed by atoms with Crippen LogP contribution >= 0.6 is 0 Å². The molecule has 0 spiro atoms. The first-order valence-corrected chi connectivity index (χ1v) is 8.92. The number of ketones is 1. The van der Waals surface area contributed by atoms with Crippen molar-refractivity contribution in [2.45, 2.75) is 45.3 Å². The van der Waals surface area contributed by atoms with Gasteiger partial charge in [0.25, 0.3) is 0 Å². The molecule has 0 unspecified atom stereocenters. The maximum atomic E-state index is 12.5. The first kappa shape index (κ1) is 16.8. The van der Waals surface area contributed by atoms with E-state index in [9.17, 15) is 9.59 Å². The molecular formula is C18H23N5O3. The molecule has 2 aromatic heterocycles. The molecule has 2 fully saturated rings. The molecule has 8 heteroatoms. The summed E-state index contributed by atoms with van der Waals surface area (Å²) in [4.78, 5) is 37.8. The Balaban J connectivity index is 1.46. The number of hydrogen-bond acceptors (Lipinski definition) is 6. The molecule has 3 heterocycles. The maximum Gasteiger partial charge on any atom is 0.410 e. The highest BCUT2D eigenvalue weighted by molar-refractivity contribution is 6.12. The topological polar surface area (TPSA) is 100 Å². The van der Waals surface area contributed by atoms with Gasteiger partial charge in [0.15, 0.2) is 5.78 Å². The number of Topliss-reactive ketones (excluding diaryl/α,β-unsaturated/α-hetero) is 1. The fourth-order valence-corrected chi connectivity index (χ4v) is 3.07. The highest BCUT2D eigenvalue weighted by atomic mass is 16.6. The number of nitrogens with one attached hydrogen (secondary N) is 2. The molecule has 1 aliphatic heterocycles. The summed E-state index contributed by atoms with van der Waals surface area (Å²) in [6.07, 6.45) is 4.79. The first-order chi connectivity index (χ1) is 12.3. The second-order valence-electron chi connectivity index (χ2n) is 8.01. The molecule has 1 saturated heterocycles. The average Bonchev–Trinajstić information content (AvgIpc) is 3.27. The van der Waals surface area contributed by atoms with Crippen LogP contribution in [0.25, 0.3) is 11.0 Å². The Morgan fingerprint density at radius 3 is 2.65 bits per heavy atom. The van der Waals surface area contributed by atoms with Crippen molar-refractivity contribution in [2.24, 2.45) is 5.92 Å². The van der Waals surface area contributed by atoms with E-state index in [-0.39, 0.29) is 23.8 Å². The van der Waals surface area contributed by atoms with Crippen LogP contribution in [0.1, 0.15) is 44.0 Å². The third kappa shape index (κ3) is 3.23. The van der Waals surface area contributed by atoms with E-state index in [1.165, 1.54) is 6.33 Å². The van der Waals surface area contributed by atoms with Crippen LogP contribution < -0.4 is 5.32 Å². The van der Waals surface area contributed by atoms with Gasteiger partial charge in [0.1, 0.15) is 23.4 Å². The summed E-state index contributed by atoms with van der Waals surface area (Å²) in [7, 11) is 0. The molecule has 1 saturated carbocycles. The van der Waals surface area contributed by atoms with Crippen molar-refractivity contribution < 1.29 is 14.3 Å². The number of fused-ring (bicyclic) bond motifs is 1. The van der Waals surface area contributed by atoms with Gasteiger partial charge in [0.05, 0.1) is 11.4 Å². The van der Waals surface area contributed by atoms with Gasteiger partial charge in [-0.05, 0) is 33.6 Å². The maximum absolute atomic E-state index is 12.5. The third-order valence-corrected chi connectivity index (χ3v) is 4.56. The molecule has 2 aromatic rings. The van der Waals surface area contributed by atoms with E-state index in [0.29, 0.717) is 30.1 Å². The minimum atomic E-state index is -0.502. The van der Waals surface area contributed by atoms with Crippen molar-refractivity contribution in [3.63, 3.8) is 0 Å². The van der Waals surface area contributed by atoms with Crippen molar-refractivity contribution in [3.05, 3.63) is 18.1 Å². The predicted molar refractivity (Wildman–Crippen MR) is 96.2 cm³/mol. The molecule has 0 aromatic carbocycles. The van der Waals surface area contributed by atoms with Crippen LogP contribution in [0.2, 0.25) is 0 Å². The molecule has 4 rings (SSSR count). The third-order valence-electron chi connectivity index (χ3n) is 4.56. The number of nitrogens with zero attached hydrogens (tertiary/aromatic N) is 3. The Labute approximate surface area is 151 Å². The fourth-order valence-electron chi connectivity index (χ4n) is 3.07. The van der Waals surface area contributed by atoms with Crippen molar-refractivity contribution in [1.29, 1.82) is 0 Å². The summed E-state index contributed by atoms with van der Waals surface area (Å²) in [6.45, 7) is 6.63. The quantitative estimate of drug-likeness (QED) is 0.816. The molecular weight excluding hydrogens is 334 g/mol. The normalized spacial score (nSPS) is 17.9.